The van der Waals surface area contributed by atoms with Gasteiger partial charge in [-0.3, -0.25) is 0 Å². The van der Waals surface area contributed by atoms with Crippen molar-refractivity contribution in [3.05, 3.63) is 60.2 Å². The Morgan fingerprint density at radius 1 is 1.00 bits per heavy atom. The van der Waals surface area contributed by atoms with Crippen molar-refractivity contribution < 1.29 is 4.74 Å². The summed E-state index contributed by atoms with van der Waals surface area (Å²) in [5, 5.41) is 9.39. The van der Waals surface area contributed by atoms with Crippen molar-refractivity contribution in [2.75, 3.05) is 12.3 Å². The van der Waals surface area contributed by atoms with E-state index in [1.54, 1.807) is 0 Å². The van der Waals surface area contributed by atoms with Crippen molar-refractivity contribution >= 4 is 5.82 Å². The minimum atomic E-state index is 0.176. The molecule has 0 aliphatic heterocycles. The smallest absolute Gasteiger partial charge is 0.162 e. The summed E-state index contributed by atoms with van der Waals surface area (Å²) in [6.07, 6.45) is 0. The largest absolute Gasteiger partial charge is 0.494 e. The number of rotatable bonds is 4. The lowest BCUT2D eigenvalue weighted by Crippen LogP contribution is -2.03. The van der Waals surface area contributed by atoms with E-state index in [1.807, 2.05) is 61.5 Å². The second kappa shape index (κ2) is 6.80. The Labute approximate surface area is 140 Å². The van der Waals surface area contributed by atoms with Gasteiger partial charge in [-0.2, -0.15) is 5.26 Å². The van der Waals surface area contributed by atoms with Gasteiger partial charge >= 0.3 is 0 Å². The summed E-state index contributed by atoms with van der Waals surface area (Å²) in [6, 6.07) is 19.1. The number of nitrogen functional groups attached to an aromatic ring is 1. The SMILES string of the molecule is CCOc1ccc(-c2nc(N)c(C#N)c(-c3ccccc3)n2)cc1. The van der Waals surface area contributed by atoms with Gasteiger partial charge in [0.1, 0.15) is 23.2 Å². The quantitative estimate of drug-likeness (QED) is 0.794. The number of nitriles is 1. The molecule has 24 heavy (non-hydrogen) atoms. The molecule has 1 aromatic heterocycles. The maximum atomic E-state index is 9.39. The first kappa shape index (κ1) is 15.5. The molecule has 3 aromatic rings. The fraction of sp³-hybridized carbons (Fsp3) is 0.105. The number of hydrogen-bond acceptors (Lipinski definition) is 5. The zero-order chi connectivity index (χ0) is 16.9. The Balaban J connectivity index is 2.10. The Morgan fingerprint density at radius 2 is 1.71 bits per heavy atom. The summed E-state index contributed by atoms with van der Waals surface area (Å²) < 4.78 is 5.44. The molecule has 5 heteroatoms. The zero-order valence-corrected chi connectivity index (χ0v) is 13.2. The summed E-state index contributed by atoms with van der Waals surface area (Å²) >= 11 is 0. The van der Waals surface area contributed by atoms with E-state index in [2.05, 4.69) is 16.0 Å². The molecule has 2 N–H and O–H groups in total. The van der Waals surface area contributed by atoms with E-state index >= 15 is 0 Å². The third-order valence-corrected chi connectivity index (χ3v) is 3.52. The van der Waals surface area contributed by atoms with E-state index in [0.717, 1.165) is 16.9 Å². The molecule has 0 saturated heterocycles. The van der Waals surface area contributed by atoms with Crippen molar-refractivity contribution in [2.24, 2.45) is 0 Å². The van der Waals surface area contributed by atoms with E-state index in [1.165, 1.54) is 0 Å². The van der Waals surface area contributed by atoms with Crippen LogP contribution in [0.5, 0.6) is 5.75 Å². The van der Waals surface area contributed by atoms with Gasteiger partial charge < -0.3 is 10.5 Å². The van der Waals surface area contributed by atoms with Gasteiger partial charge in [0.25, 0.3) is 0 Å². The van der Waals surface area contributed by atoms with Gasteiger partial charge in [-0.1, -0.05) is 30.3 Å². The van der Waals surface area contributed by atoms with E-state index in [-0.39, 0.29) is 11.4 Å². The zero-order valence-electron chi connectivity index (χ0n) is 13.2. The molecule has 3 rings (SSSR count). The van der Waals surface area contributed by atoms with Crippen LogP contribution in [-0.4, -0.2) is 16.6 Å². The van der Waals surface area contributed by atoms with E-state index in [9.17, 15) is 5.26 Å². The van der Waals surface area contributed by atoms with Crippen LogP contribution < -0.4 is 10.5 Å². The fourth-order valence-electron chi connectivity index (χ4n) is 2.39. The van der Waals surface area contributed by atoms with Gasteiger partial charge in [0.05, 0.1) is 12.3 Å². The van der Waals surface area contributed by atoms with E-state index in [0.29, 0.717) is 18.1 Å². The van der Waals surface area contributed by atoms with Crippen LogP contribution in [0, 0.1) is 11.3 Å². The third-order valence-electron chi connectivity index (χ3n) is 3.52. The lowest BCUT2D eigenvalue weighted by atomic mass is 10.1. The maximum absolute atomic E-state index is 9.39. The van der Waals surface area contributed by atoms with Crippen molar-refractivity contribution in [3.63, 3.8) is 0 Å². The Hall–Kier alpha value is -3.39. The van der Waals surface area contributed by atoms with Crippen molar-refractivity contribution in [3.8, 4) is 34.5 Å². The minimum absolute atomic E-state index is 0.176. The molecule has 0 unspecified atom stereocenters. The number of hydrogen-bond donors (Lipinski definition) is 1. The van der Waals surface area contributed by atoms with Crippen molar-refractivity contribution in [2.45, 2.75) is 6.92 Å². The molecule has 5 nitrogen and oxygen atoms in total. The number of ether oxygens (including phenoxy) is 1. The average Bonchev–Trinajstić information content (AvgIpc) is 2.63. The second-order valence-corrected chi connectivity index (χ2v) is 5.09. The van der Waals surface area contributed by atoms with Gasteiger partial charge in [-0.25, -0.2) is 9.97 Å². The normalized spacial score (nSPS) is 10.2. The highest BCUT2D eigenvalue weighted by Gasteiger charge is 2.15. The maximum Gasteiger partial charge on any atom is 0.162 e. The molecule has 2 aromatic carbocycles. The number of aromatic nitrogens is 2. The molecule has 0 amide bonds. The molecule has 0 bridgehead atoms. The molecule has 0 radical (unpaired) electrons. The van der Waals surface area contributed by atoms with Gasteiger partial charge in [0.15, 0.2) is 5.82 Å². The lowest BCUT2D eigenvalue weighted by molar-refractivity contribution is 0.340. The molecule has 118 valence electrons. The summed E-state index contributed by atoms with van der Waals surface area (Å²) in [7, 11) is 0. The van der Waals surface area contributed by atoms with Gasteiger partial charge in [-0.15, -0.1) is 0 Å². The first-order chi connectivity index (χ1) is 11.7. The van der Waals surface area contributed by atoms with E-state index in [4.69, 9.17) is 10.5 Å². The number of nitrogens with zero attached hydrogens (tertiary/aromatic N) is 3. The summed E-state index contributed by atoms with van der Waals surface area (Å²) in [6.45, 7) is 2.54. The molecule has 0 aliphatic rings. The molecule has 0 aliphatic carbocycles. The van der Waals surface area contributed by atoms with Crippen molar-refractivity contribution in [1.29, 1.82) is 5.26 Å². The summed E-state index contributed by atoms with van der Waals surface area (Å²) in [5.41, 5.74) is 8.45. The van der Waals surface area contributed by atoms with Crippen LogP contribution in [0.4, 0.5) is 5.82 Å². The fourth-order valence-corrected chi connectivity index (χ4v) is 2.39. The van der Waals surface area contributed by atoms with Crippen LogP contribution in [0.2, 0.25) is 0 Å². The lowest BCUT2D eigenvalue weighted by Gasteiger charge is -2.09. The monoisotopic (exact) mass is 316 g/mol. The molecule has 0 spiro atoms. The van der Waals surface area contributed by atoms with Crippen LogP contribution in [0.25, 0.3) is 22.6 Å². The molecular weight excluding hydrogens is 300 g/mol. The van der Waals surface area contributed by atoms with Gasteiger partial charge in [0, 0.05) is 11.1 Å². The van der Waals surface area contributed by atoms with Crippen LogP contribution in [0.15, 0.2) is 54.6 Å². The summed E-state index contributed by atoms with van der Waals surface area (Å²) in [4.78, 5) is 8.85. The third kappa shape index (κ3) is 3.03. The Kier molecular flexibility index (Phi) is 4.39. The molecule has 0 atom stereocenters. The van der Waals surface area contributed by atoms with Gasteiger partial charge in [-0.05, 0) is 31.2 Å². The summed E-state index contributed by atoms with van der Waals surface area (Å²) in [5.74, 6) is 1.44. The second-order valence-electron chi connectivity index (χ2n) is 5.09. The number of nitrogens with two attached hydrogens (primary N) is 1. The van der Waals surface area contributed by atoms with Crippen LogP contribution in [0.1, 0.15) is 12.5 Å². The molecule has 0 saturated carbocycles. The first-order valence-corrected chi connectivity index (χ1v) is 7.59. The predicted molar refractivity (Wildman–Crippen MR) is 93.2 cm³/mol. The topological polar surface area (TPSA) is 84.8 Å². The minimum Gasteiger partial charge on any atom is -0.494 e. The molecule has 0 fully saturated rings. The molecule has 1 heterocycles. The Bertz CT molecular complexity index is 884. The highest BCUT2D eigenvalue weighted by molar-refractivity contribution is 5.74. The predicted octanol–water partition coefficient (Wildman–Crippen LogP) is 3.66. The average molecular weight is 316 g/mol. The van der Waals surface area contributed by atoms with Crippen LogP contribution in [0.3, 0.4) is 0 Å². The van der Waals surface area contributed by atoms with E-state index < -0.39 is 0 Å². The highest BCUT2D eigenvalue weighted by atomic mass is 16.5. The number of anilines is 1. The van der Waals surface area contributed by atoms with Crippen LogP contribution >= 0.6 is 0 Å². The Morgan fingerprint density at radius 3 is 2.33 bits per heavy atom. The first-order valence-electron chi connectivity index (χ1n) is 7.59. The molecular formula is C19H16N4O. The standard InChI is InChI=1S/C19H16N4O/c1-2-24-15-10-8-14(9-11-15)19-22-17(13-6-4-3-5-7-13)16(12-20)18(21)23-19/h3-11H,2H2,1H3,(H2,21,22,23). The highest BCUT2D eigenvalue weighted by Crippen LogP contribution is 2.28. The van der Waals surface area contributed by atoms with Crippen LogP contribution in [-0.2, 0) is 0 Å². The number of benzene rings is 2. The van der Waals surface area contributed by atoms with Gasteiger partial charge in [0.2, 0.25) is 0 Å². The van der Waals surface area contributed by atoms with Crippen molar-refractivity contribution in [1.82, 2.24) is 9.97 Å².